The van der Waals surface area contributed by atoms with E-state index in [-0.39, 0.29) is 4.08 Å². The molecule has 0 N–H and O–H groups in total. The van der Waals surface area contributed by atoms with Crippen LogP contribution in [0.25, 0.3) is 0 Å². The Morgan fingerprint density at radius 2 is 2.36 bits per heavy atom. The van der Waals surface area contributed by atoms with E-state index in [4.69, 9.17) is 0 Å². The fourth-order valence-corrected chi connectivity index (χ4v) is 4.35. The number of thioether (sulfide) groups is 1. The summed E-state index contributed by atoms with van der Waals surface area (Å²) in [4.78, 5) is 0. The topological polar surface area (TPSA) is 17.1 Å². The van der Waals surface area contributed by atoms with Crippen molar-refractivity contribution >= 4 is 22.6 Å². The average Bonchev–Trinajstić information content (AvgIpc) is 1.95. The molecule has 0 spiro atoms. The first kappa shape index (κ1) is 9.33. The van der Waals surface area contributed by atoms with Crippen LogP contribution in [0.15, 0.2) is 12.2 Å². The van der Waals surface area contributed by atoms with Gasteiger partial charge in [-0.15, -0.1) is 11.8 Å². The lowest BCUT2D eigenvalue weighted by atomic mass is 10.2. The predicted octanol–water partition coefficient (Wildman–Crippen LogP) is 2.16. The lowest BCUT2D eigenvalue weighted by Gasteiger charge is -2.32. The summed E-state index contributed by atoms with van der Waals surface area (Å²) in [6.45, 7) is 7.89. The quantitative estimate of drug-likeness (QED) is 0.589. The SMILES string of the molecule is C=C(C)[C@]1(C)SCCCS1=O. The standard InChI is InChI=1S/C8H14OS2/c1-7(2)8(3)10-5-4-6-11(8)9/h1,4-6H2,2-3H3/t8-,11?/m1/s1. The Morgan fingerprint density at radius 3 is 2.73 bits per heavy atom. The summed E-state index contributed by atoms with van der Waals surface area (Å²) in [5, 5.41) is 0. The highest BCUT2D eigenvalue weighted by Gasteiger charge is 2.35. The van der Waals surface area contributed by atoms with E-state index in [9.17, 15) is 4.21 Å². The highest BCUT2D eigenvalue weighted by Crippen LogP contribution is 2.39. The summed E-state index contributed by atoms with van der Waals surface area (Å²) in [7, 11) is -0.710. The summed E-state index contributed by atoms with van der Waals surface area (Å²) in [6.07, 6.45) is 1.08. The molecule has 3 heteroatoms. The molecule has 1 nitrogen and oxygen atoms in total. The Hall–Kier alpha value is 0.240. The Morgan fingerprint density at radius 1 is 1.73 bits per heavy atom. The summed E-state index contributed by atoms with van der Waals surface area (Å²) in [5.74, 6) is 1.96. The molecule has 0 aromatic rings. The number of hydrogen-bond donors (Lipinski definition) is 0. The minimum absolute atomic E-state index is 0.168. The van der Waals surface area contributed by atoms with Crippen molar-refractivity contribution in [3.05, 3.63) is 12.2 Å². The van der Waals surface area contributed by atoms with Crippen molar-refractivity contribution in [3.63, 3.8) is 0 Å². The maximum absolute atomic E-state index is 11.6. The number of hydrogen-bond acceptors (Lipinski definition) is 2. The Kier molecular flexibility index (Phi) is 2.81. The summed E-state index contributed by atoms with van der Waals surface area (Å²) in [6, 6.07) is 0. The minimum atomic E-state index is -0.710. The first-order valence-electron chi connectivity index (χ1n) is 3.76. The van der Waals surface area contributed by atoms with Gasteiger partial charge in [-0.1, -0.05) is 12.2 Å². The largest absolute Gasteiger partial charge is 0.258 e. The Labute approximate surface area is 75.1 Å². The van der Waals surface area contributed by atoms with Crippen LogP contribution < -0.4 is 0 Å². The van der Waals surface area contributed by atoms with Gasteiger partial charge in [0.15, 0.2) is 0 Å². The maximum Gasteiger partial charge on any atom is 0.108 e. The predicted molar refractivity (Wildman–Crippen MR) is 53.3 cm³/mol. The van der Waals surface area contributed by atoms with E-state index in [0.717, 1.165) is 23.5 Å². The van der Waals surface area contributed by atoms with Gasteiger partial charge in [-0.05, 0) is 26.0 Å². The molecule has 0 radical (unpaired) electrons. The zero-order chi connectivity index (χ0) is 8.48. The average molecular weight is 190 g/mol. The van der Waals surface area contributed by atoms with Crippen molar-refractivity contribution in [1.82, 2.24) is 0 Å². The van der Waals surface area contributed by atoms with Crippen LogP contribution in [0.3, 0.4) is 0 Å². The van der Waals surface area contributed by atoms with Crippen LogP contribution in [0, 0.1) is 0 Å². The molecule has 1 rings (SSSR count). The molecule has 0 saturated carbocycles. The molecule has 0 aromatic heterocycles. The van der Waals surface area contributed by atoms with E-state index < -0.39 is 10.8 Å². The Balaban J connectivity index is 2.81. The van der Waals surface area contributed by atoms with Crippen molar-refractivity contribution in [2.24, 2.45) is 0 Å². The molecular formula is C8H14OS2. The van der Waals surface area contributed by atoms with E-state index in [1.54, 1.807) is 11.8 Å². The highest BCUT2D eigenvalue weighted by molar-refractivity contribution is 8.13. The van der Waals surface area contributed by atoms with Crippen LogP contribution in [0.1, 0.15) is 20.3 Å². The van der Waals surface area contributed by atoms with Crippen LogP contribution in [-0.4, -0.2) is 19.8 Å². The van der Waals surface area contributed by atoms with Crippen LogP contribution >= 0.6 is 11.8 Å². The van der Waals surface area contributed by atoms with Crippen LogP contribution in [-0.2, 0) is 10.8 Å². The molecule has 1 unspecified atom stereocenters. The fourth-order valence-electron chi connectivity index (χ4n) is 1.03. The zero-order valence-electron chi connectivity index (χ0n) is 7.05. The van der Waals surface area contributed by atoms with Crippen molar-refractivity contribution in [1.29, 1.82) is 0 Å². The molecular weight excluding hydrogens is 176 g/mol. The van der Waals surface area contributed by atoms with Gasteiger partial charge in [0.2, 0.25) is 0 Å². The van der Waals surface area contributed by atoms with Crippen LogP contribution in [0.5, 0.6) is 0 Å². The second kappa shape index (κ2) is 3.31. The second-order valence-corrected chi connectivity index (χ2v) is 6.67. The van der Waals surface area contributed by atoms with Crippen LogP contribution in [0.2, 0.25) is 0 Å². The van der Waals surface area contributed by atoms with E-state index in [0.29, 0.717) is 0 Å². The third-order valence-electron chi connectivity index (χ3n) is 2.06. The minimum Gasteiger partial charge on any atom is -0.258 e. The van der Waals surface area contributed by atoms with Gasteiger partial charge in [0, 0.05) is 16.6 Å². The molecule has 2 atom stereocenters. The fraction of sp³-hybridized carbons (Fsp3) is 0.750. The molecule has 1 aliphatic rings. The van der Waals surface area contributed by atoms with Gasteiger partial charge in [0.1, 0.15) is 4.08 Å². The monoisotopic (exact) mass is 190 g/mol. The van der Waals surface area contributed by atoms with E-state index >= 15 is 0 Å². The molecule has 11 heavy (non-hydrogen) atoms. The maximum atomic E-state index is 11.6. The molecule has 0 bridgehead atoms. The third-order valence-corrected chi connectivity index (χ3v) is 6.24. The summed E-state index contributed by atoms with van der Waals surface area (Å²) >= 11 is 1.78. The molecule has 1 aliphatic heterocycles. The summed E-state index contributed by atoms with van der Waals surface area (Å²) < 4.78 is 11.4. The smallest absolute Gasteiger partial charge is 0.108 e. The van der Waals surface area contributed by atoms with E-state index in [1.165, 1.54) is 0 Å². The van der Waals surface area contributed by atoms with Gasteiger partial charge in [-0.2, -0.15) is 0 Å². The van der Waals surface area contributed by atoms with Gasteiger partial charge in [0.05, 0.1) is 0 Å². The lowest BCUT2D eigenvalue weighted by Crippen LogP contribution is -2.33. The van der Waals surface area contributed by atoms with Crippen molar-refractivity contribution < 1.29 is 4.21 Å². The molecule has 1 fully saturated rings. The second-order valence-electron chi connectivity index (χ2n) is 2.98. The molecule has 0 aliphatic carbocycles. The van der Waals surface area contributed by atoms with Gasteiger partial charge in [0.25, 0.3) is 0 Å². The van der Waals surface area contributed by atoms with Crippen LogP contribution in [0.4, 0.5) is 0 Å². The van der Waals surface area contributed by atoms with Crippen molar-refractivity contribution in [2.45, 2.75) is 24.3 Å². The van der Waals surface area contributed by atoms with Crippen molar-refractivity contribution in [2.75, 3.05) is 11.5 Å². The van der Waals surface area contributed by atoms with Gasteiger partial charge >= 0.3 is 0 Å². The third kappa shape index (κ3) is 1.70. The Bertz CT molecular complexity index is 200. The first-order chi connectivity index (χ1) is 5.07. The molecule has 0 aromatic carbocycles. The van der Waals surface area contributed by atoms with Gasteiger partial charge in [-0.3, -0.25) is 4.21 Å². The van der Waals surface area contributed by atoms with Gasteiger partial charge < -0.3 is 0 Å². The van der Waals surface area contributed by atoms with Gasteiger partial charge in [-0.25, -0.2) is 0 Å². The summed E-state index contributed by atoms with van der Waals surface area (Å²) in [5.41, 5.74) is 1.04. The molecule has 1 saturated heterocycles. The first-order valence-corrected chi connectivity index (χ1v) is 6.06. The highest BCUT2D eigenvalue weighted by atomic mass is 32.2. The molecule has 0 amide bonds. The zero-order valence-corrected chi connectivity index (χ0v) is 8.69. The van der Waals surface area contributed by atoms with E-state index in [2.05, 4.69) is 6.58 Å². The van der Waals surface area contributed by atoms with E-state index in [1.807, 2.05) is 13.8 Å². The molecule has 1 heterocycles. The number of rotatable bonds is 1. The normalized spacial score (nSPS) is 38.5. The van der Waals surface area contributed by atoms with Crippen molar-refractivity contribution in [3.8, 4) is 0 Å². The molecule has 64 valence electrons. The lowest BCUT2D eigenvalue weighted by molar-refractivity contribution is 0.671.